The fraction of sp³-hybridized carbons (Fsp3) is 0.500. The zero-order valence-electron chi connectivity index (χ0n) is 16.5. The number of nitrogens with one attached hydrogen (secondary N) is 3. The van der Waals surface area contributed by atoms with Gasteiger partial charge in [0, 0.05) is 16.0 Å². The highest BCUT2D eigenvalue weighted by molar-refractivity contribution is 8.01. The van der Waals surface area contributed by atoms with E-state index >= 15 is 0 Å². The van der Waals surface area contributed by atoms with E-state index in [0.717, 1.165) is 30.6 Å². The number of urea groups is 1. The van der Waals surface area contributed by atoms with Gasteiger partial charge in [-0.25, -0.2) is 4.79 Å². The Labute approximate surface area is 183 Å². The lowest BCUT2D eigenvalue weighted by Gasteiger charge is -2.29. The van der Waals surface area contributed by atoms with Crippen LogP contribution in [0.1, 0.15) is 39.0 Å². The van der Waals surface area contributed by atoms with Crippen LogP contribution in [-0.4, -0.2) is 41.7 Å². The van der Waals surface area contributed by atoms with Gasteiger partial charge in [0.25, 0.3) is 5.91 Å². The monoisotopic (exact) mass is 453 g/mol. The third-order valence-electron chi connectivity index (χ3n) is 5.16. The molecule has 0 saturated heterocycles. The molecule has 1 aromatic rings. The average Bonchev–Trinajstić information content (AvgIpc) is 2.69. The first-order valence-electron chi connectivity index (χ1n) is 9.85. The Hall–Kier alpha value is -2.26. The van der Waals surface area contributed by atoms with Gasteiger partial charge in [0.2, 0.25) is 5.91 Å². The number of hydrogen-bond donors (Lipinski definition) is 3. The van der Waals surface area contributed by atoms with E-state index in [-0.39, 0.29) is 18.4 Å². The van der Waals surface area contributed by atoms with Crippen molar-refractivity contribution in [1.29, 1.82) is 0 Å². The summed E-state index contributed by atoms with van der Waals surface area (Å²) in [4.78, 5) is 48.9. The van der Waals surface area contributed by atoms with Crippen molar-refractivity contribution in [2.75, 3.05) is 11.9 Å². The van der Waals surface area contributed by atoms with Crippen molar-refractivity contribution in [1.82, 2.24) is 10.6 Å². The van der Waals surface area contributed by atoms with E-state index in [2.05, 4.69) is 22.9 Å². The molecule has 1 aromatic carbocycles. The Morgan fingerprint density at radius 2 is 2.03 bits per heavy atom. The molecule has 3 rings (SSSR count). The van der Waals surface area contributed by atoms with Crippen LogP contribution in [-0.2, 0) is 19.1 Å². The minimum Gasteiger partial charge on any atom is -0.456 e. The van der Waals surface area contributed by atoms with Crippen LogP contribution in [0.15, 0.2) is 23.1 Å². The first-order valence-corrected chi connectivity index (χ1v) is 11.1. The van der Waals surface area contributed by atoms with Gasteiger partial charge in [-0.05, 0) is 37.0 Å². The van der Waals surface area contributed by atoms with Gasteiger partial charge in [0.05, 0.1) is 17.4 Å². The maximum atomic E-state index is 12.2. The van der Waals surface area contributed by atoms with Crippen LogP contribution in [0.4, 0.5) is 10.5 Å². The molecule has 3 unspecified atom stereocenters. The number of ether oxygens (including phenoxy) is 1. The highest BCUT2D eigenvalue weighted by Crippen LogP contribution is 2.38. The molecular formula is C20H24ClN3O5S. The number of rotatable bonds is 5. The predicted molar refractivity (Wildman–Crippen MR) is 113 cm³/mol. The Morgan fingerprint density at radius 1 is 1.27 bits per heavy atom. The Balaban J connectivity index is 1.41. The van der Waals surface area contributed by atoms with Gasteiger partial charge in [-0.2, -0.15) is 0 Å². The molecule has 30 heavy (non-hydrogen) atoms. The highest BCUT2D eigenvalue weighted by Gasteiger charge is 2.30. The summed E-state index contributed by atoms with van der Waals surface area (Å²) in [5, 5.41) is 7.50. The summed E-state index contributed by atoms with van der Waals surface area (Å²) in [5.74, 6) is -1.39. The maximum Gasteiger partial charge on any atom is 0.321 e. The van der Waals surface area contributed by atoms with Crippen LogP contribution in [0.5, 0.6) is 0 Å². The van der Waals surface area contributed by atoms with Gasteiger partial charge < -0.3 is 15.4 Å². The summed E-state index contributed by atoms with van der Waals surface area (Å²) in [7, 11) is 0. The van der Waals surface area contributed by atoms with Crippen molar-refractivity contribution in [3.63, 3.8) is 0 Å². The normalized spacial score (nSPS) is 23.0. The lowest BCUT2D eigenvalue weighted by atomic mass is 9.86. The number of amides is 4. The molecule has 0 aromatic heterocycles. The van der Waals surface area contributed by atoms with Crippen molar-refractivity contribution >= 4 is 52.9 Å². The number of imide groups is 1. The standard InChI is InChI=1S/C20H24ClN3O5S/c1-11-4-2-3-5-13(11)23-20(28)24-17(25)10-29-18(26)9-16-19(27)22-14-8-12(21)6-7-15(14)30-16/h6-8,11,13,16H,2-5,9-10H2,1H3,(H,22,27)(H2,23,24,25,28). The molecule has 2 aliphatic rings. The fourth-order valence-corrected chi connectivity index (χ4v) is 4.76. The first kappa shape index (κ1) is 22.4. The van der Waals surface area contributed by atoms with Crippen molar-refractivity contribution in [2.24, 2.45) is 5.92 Å². The van der Waals surface area contributed by atoms with Crippen LogP contribution >= 0.6 is 23.4 Å². The van der Waals surface area contributed by atoms with Crippen molar-refractivity contribution < 1.29 is 23.9 Å². The van der Waals surface area contributed by atoms with Crippen LogP contribution < -0.4 is 16.0 Å². The first-order chi connectivity index (χ1) is 14.3. The van der Waals surface area contributed by atoms with Gasteiger partial charge in [-0.3, -0.25) is 19.7 Å². The third kappa shape index (κ3) is 6.12. The number of fused-ring (bicyclic) bond motifs is 1. The Bertz CT molecular complexity index is 850. The van der Waals surface area contributed by atoms with Crippen LogP contribution in [0, 0.1) is 5.92 Å². The van der Waals surface area contributed by atoms with Crippen LogP contribution in [0.3, 0.4) is 0 Å². The molecule has 4 amide bonds. The number of esters is 1. The zero-order valence-corrected chi connectivity index (χ0v) is 18.1. The fourth-order valence-electron chi connectivity index (χ4n) is 3.51. The van der Waals surface area contributed by atoms with E-state index in [0.29, 0.717) is 16.6 Å². The van der Waals surface area contributed by atoms with Gasteiger partial charge in [-0.1, -0.05) is 31.4 Å². The van der Waals surface area contributed by atoms with Crippen molar-refractivity contribution in [3.8, 4) is 0 Å². The predicted octanol–water partition coefficient (Wildman–Crippen LogP) is 3.09. The quantitative estimate of drug-likeness (QED) is 0.590. The van der Waals surface area contributed by atoms with E-state index in [9.17, 15) is 19.2 Å². The summed E-state index contributed by atoms with van der Waals surface area (Å²) < 4.78 is 4.93. The number of benzene rings is 1. The average molecular weight is 454 g/mol. The number of halogens is 1. The highest BCUT2D eigenvalue weighted by atomic mass is 35.5. The summed E-state index contributed by atoms with van der Waals surface area (Å²) in [5.41, 5.74) is 0.597. The number of carbonyl (C=O) groups excluding carboxylic acids is 4. The lowest BCUT2D eigenvalue weighted by molar-refractivity contribution is -0.148. The molecule has 1 saturated carbocycles. The van der Waals surface area contributed by atoms with Gasteiger partial charge in [0.1, 0.15) is 0 Å². The van der Waals surface area contributed by atoms with Gasteiger partial charge >= 0.3 is 12.0 Å². The summed E-state index contributed by atoms with van der Waals surface area (Å²) in [6.45, 7) is 1.48. The minimum absolute atomic E-state index is 0.0358. The van der Waals surface area contributed by atoms with Crippen molar-refractivity contribution in [2.45, 2.75) is 55.2 Å². The molecule has 1 aliphatic carbocycles. The van der Waals surface area contributed by atoms with Crippen molar-refractivity contribution in [3.05, 3.63) is 23.2 Å². The minimum atomic E-state index is -0.718. The third-order valence-corrected chi connectivity index (χ3v) is 6.67. The van der Waals surface area contributed by atoms with Gasteiger partial charge in [0.15, 0.2) is 6.61 Å². The van der Waals surface area contributed by atoms with Gasteiger partial charge in [-0.15, -0.1) is 11.8 Å². The largest absolute Gasteiger partial charge is 0.456 e. The van der Waals surface area contributed by atoms with Crippen LogP contribution in [0.2, 0.25) is 5.02 Å². The molecular weight excluding hydrogens is 430 g/mol. The lowest BCUT2D eigenvalue weighted by Crippen LogP contribution is -2.48. The van der Waals surface area contributed by atoms with Crippen LogP contribution in [0.25, 0.3) is 0 Å². The molecule has 10 heteroatoms. The zero-order chi connectivity index (χ0) is 21.7. The smallest absolute Gasteiger partial charge is 0.321 e. The number of anilines is 1. The van der Waals surface area contributed by atoms with E-state index in [1.54, 1.807) is 18.2 Å². The molecule has 1 heterocycles. The summed E-state index contributed by atoms with van der Waals surface area (Å²) >= 11 is 7.14. The molecule has 3 N–H and O–H groups in total. The molecule has 8 nitrogen and oxygen atoms in total. The Kier molecular flexibility index (Phi) is 7.60. The van der Waals surface area contributed by atoms with E-state index < -0.39 is 29.8 Å². The SMILES string of the molecule is CC1CCCCC1NC(=O)NC(=O)COC(=O)CC1Sc2ccc(Cl)cc2NC1=O. The number of carbonyl (C=O) groups is 4. The molecule has 0 bridgehead atoms. The van der Waals surface area contributed by atoms with E-state index in [1.807, 2.05) is 0 Å². The Morgan fingerprint density at radius 3 is 2.80 bits per heavy atom. The van der Waals surface area contributed by atoms with E-state index in [4.69, 9.17) is 16.3 Å². The maximum absolute atomic E-state index is 12.2. The number of hydrogen-bond acceptors (Lipinski definition) is 6. The second-order valence-corrected chi connectivity index (χ2v) is 9.17. The summed E-state index contributed by atoms with van der Waals surface area (Å²) in [6.07, 6.45) is 3.92. The molecule has 3 atom stereocenters. The summed E-state index contributed by atoms with van der Waals surface area (Å²) in [6, 6.07) is 4.55. The second kappa shape index (κ2) is 10.2. The number of thioether (sulfide) groups is 1. The molecule has 0 radical (unpaired) electrons. The molecule has 1 fully saturated rings. The van der Waals surface area contributed by atoms with E-state index in [1.165, 1.54) is 11.8 Å². The molecule has 1 aliphatic heterocycles. The second-order valence-electron chi connectivity index (χ2n) is 7.49. The topological polar surface area (TPSA) is 114 Å². The molecule has 162 valence electrons. The molecule has 0 spiro atoms.